The van der Waals surface area contributed by atoms with Crippen LogP contribution in [0.2, 0.25) is 10.0 Å². The van der Waals surface area contributed by atoms with Crippen molar-refractivity contribution in [1.29, 1.82) is 0 Å². The maximum Gasteiger partial charge on any atom is 0.0795 e. The molecule has 1 N–H and O–H groups in total. The molecule has 0 bridgehead atoms. The van der Waals surface area contributed by atoms with Crippen molar-refractivity contribution in [3.63, 3.8) is 0 Å². The first kappa shape index (κ1) is 12.8. The van der Waals surface area contributed by atoms with E-state index in [0.29, 0.717) is 5.02 Å². The van der Waals surface area contributed by atoms with Crippen LogP contribution in [-0.4, -0.2) is 12.0 Å². The lowest BCUT2D eigenvalue weighted by molar-refractivity contribution is 0.579. The Bertz CT molecular complexity index is 485. The standard InChI is InChI=1S/C12H12Cl2N2S/c1-15-11(12-6-17-7-16-12)5-8-4-9(13)2-3-10(8)14/h2-4,6-7,11,15H,5H2,1H3. The summed E-state index contributed by atoms with van der Waals surface area (Å²) in [6, 6.07) is 5.69. The second-order valence-corrected chi connectivity index (χ2v) is 5.26. The normalized spacial score (nSPS) is 12.6. The summed E-state index contributed by atoms with van der Waals surface area (Å²) < 4.78 is 0. The van der Waals surface area contributed by atoms with E-state index in [4.69, 9.17) is 23.2 Å². The third kappa shape index (κ3) is 3.19. The molecule has 0 saturated carbocycles. The number of nitrogens with zero attached hydrogens (tertiary/aromatic N) is 1. The average molecular weight is 287 g/mol. The lowest BCUT2D eigenvalue weighted by Gasteiger charge is -2.15. The first-order chi connectivity index (χ1) is 8.20. The molecule has 1 unspecified atom stereocenters. The van der Waals surface area contributed by atoms with Crippen LogP contribution < -0.4 is 5.32 Å². The van der Waals surface area contributed by atoms with Crippen LogP contribution in [0.3, 0.4) is 0 Å². The molecule has 0 aliphatic heterocycles. The molecule has 2 nitrogen and oxygen atoms in total. The number of aromatic nitrogens is 1. The van der Waals surface area contributed by atoms with Gasteiger partial charge in [0.25, 0.3) is 0 Å². The number of halogens is 2. The second kappa shape index (κ2) is 5.83. The van der Waals surface area contributed by atoms with E-state index in [1.165, 1.54) is 0 Å². The molecular weight excluding hydrogens is 275 g/mol. The van der Waals surface area contributed by atoms with Crippen molar-refractivity contribution in [2.45, 2.75) is 12.5 Å². The molecule has 0 saturated heterocycles. The van der Waals surface area contributed by atoms with Crippen molar-refractivity contribution in [3.8, 4) is 0 Å². The zero-order chi connectivity index (χ0) is 12.3. The zero-order valence-electron chi connectivity index (χ0n) is 9.28. The predicted octanol–water partition coefficient (Wildman–Crippen LogP) is 3.95. The number of rotatable bonds is 4. The maximum atomic E-state index is 6.15. The predicted molar refractivity (Wildman–Crippen MR) is 74.1 cm³/mol. The summed E-state index contributed by atoms with van der Waals surface area (Å²) in [4.78, 5) is 4.32. The van der Waals surface area contributed by atoms with E-state index in [1.807, 2.05) is 30.1 Å². The minimum Gasteiger partial charge on any atom is -0.311 e. The summed E-state index contributed by atoms with van der Waals surface area (Å²) in [5, 5.41) is 6.73. The molecule has 0 radical (unpaired) electrons. The van der Waals surface area contributed by atoms with Crippen LogP contribution in [0, 0.1) is 0 Å². The first-order valence-electron chi connectivity index (χ1n) is 5.20. The molecule has 0 fully saturated rings. The van der Waals surface area contributed by atoms with Gasteiger partial charge in [-0.15, -0.1) is 11.3 Å². The van der Waals surface area contributed by atoms with Gasteiger partial charge in [0, 0.05) is 15.4 Å². The highest BCUT2D eigenvalue weighted by atomic mass is 35.5. The summed E-state index contributed by atoms with van der Waals surface area (Å²) in [5.41, 5.74) is 3.90. The van der Waals surface area contributed by atoms with Gasteiger partial charge < -0.3 is 5.32 Å². The SMILES string of the molecule is CNC(Cc1cc(Cl)ccc1Cl)c1cscn1. The van der Waals surface area contributed by atoms with E-state index in [-0.39, 0.29) is 6.04 Å². The van der Waals surface area contributed by atoms with E-state index in [2.05, 4.69) is 10.3 Å². The Morgan fingerprint density at radius 3 is 2.88 bits per heavy atom. The zero-order valence-corrected chi connectivity index (χ0v) is 11.6. The highest BCUT2D eigenvalue weighted by Crippen LogP contribution is 2.26. The Morgan fingerprint density at radius 1 is 1.41 bits per heavy atom. The van der Waals surface area contributed by atoms with Crippen molar-refractivity contribution in [2.75, 3.05) is 7.05 Å². The Labute approximate surface area is 115 Å². The van der Waals surface area contributed by atoms with Gasteiger partial charge in [-0.2, -0.15) is 0 Å². The summed E-state index contributed by atoms with van der Waals surface area (Å²) in [5.74, 6) is 0. The summed E-state index contributed by atoms with van der Waals surface area (Å²) in [7, 11) is 1.92. The molecule has 0 spiro atoms. The molecule has 2 rings (SSSR count). The minimum absolute atomic E-state index is 0.164. The molecule has 1 aromatic carbocycles. The van der Waals surface area contributed by atoms with Crippen LogP contribution in [0.25, 0.3) is 0 Å². The second-order valence-electron chi connectivity index (χ2n) is 3.69. The number of benzene rings is 1. The largest absolute Gasteiger partial charge is 0.311 e. The molecule has 0 aliphatic carbocycles. The molecular formula is C12H12Cl2N2S. The Morgan fingerprint density at radius 2 is 2.24 bits per heavy atom. The third-order valence-corrected chi connectivity index (χ3v) is 3.80. The van der Waals surface area contributed by atoms with E-state index in [9.17, 15) is 0 Å². The van der Waals surface area contributed by atoms with Gasteiger partial charge >= 0.3 is 0 Å². The van der Waals surface area contributed by atoms with Gasteiger partial charge in [-0.25, -0.2) is 4.98 Å². The van der Waals surface area contributed by atoms with Gasteiger partial charge in [-0.3, -0.25) is 0 Å². The van der Waals surface area contributed by atoms with Crippen LogP contribution in [-0.2, 0) is 6.42 Å². The average Bonchev–Trinajstić information content (AvgIpc) is 2.84. The molecule has 1 heterocycles. The molecule has 5 heteroatoms. The Hall–Kier alpha value is -0.610. The maximum absolute atomic E-state index is 6.15. The topological polar surface area (TPSA) is 24.9 Å². The fourth-order valence-electron chi connectivity index (χ4n) is 1.67. The molecule has 90 valence electrons. The number of nitrogens with one attached hydrogen (secondary N) is 1. The quantitative estimate of drug-likeness (QED) is 0.921. The van der Waals surface area contributed by atoms with Gasteiger partial charge in [0.1, 0.15) is 0 Å². The Kier molecular flexibility index (Phi) is 4.40. The minimum atomic E-state index is 0.164. The third-order valence-electron chi connectivity index (χ3n) is 2.59. The summed E-state index contributed by atoms with van der Waals surface area (Å²) >= 11 is 13.7. The van der Waals surface area contributed by atoms with Crippen molar-refractivity contribution in [1.82, 2.24) is 10.3 Å². The van der Waals surface area contributed by atoms with Gasteiger partial charge in [0.05, 0.1) is 17.2 Å². The molecule has 1 aromatic heterocycles. The van der Waals surface area contributed by atoms with Gasteiger partial charge in [-0.1, -0.05) is 23.2 Å². The monoisotopic (exact) mass is 286 g/mol. The lowest BCUT2D eigenvalue weighted by atomic mass is 10.0. The van der Waals surface area contributed by atoms with Gasteiger partial charge in [-0.05, 0) is 37.2 Å². The van der Waals surface area contributed by atoms with Crippen LogP contribution in [0.5, 0.6) is 0 Å². The van der Waals surface area contributed by atoms with Crippen LogP contribution in [0.1, 0.15) is 17.3 Å². The van der Waals surface area contributed by atoms with Gasteiger partial charge in [0.15, 0.2) is 0 Å². The van der Waals surface area contributed by atoms with Crippen LogP contribution in [0.4, 0.5) is 0 Å². The highest BCUT2D eigenvalue weighted by molar-refractivity contribution is 7.07. The van der Waals surface area contributed by atoms with E-state index in [1.54, 1.807) is 17.4 Å². The van der Waals surface area contributed by atoms with Crippen LogP contribution in [0.15, 0.2) is 29.1 Å². The number of hydrogen-bond acceptors (Lipinski definition) is 3. The van der Waals surface area contributed by atoms with E-state index >= 15 is 0 Å². The molecule has 17 heavy (non-hydrogen) atoms. The van der Waals surface area contributed by atoms with Crippen molar-refractivity contribution in [2.24, 2.45) is 0 Å². The molecule has 2 aromatic rings. The van der Waals surface area contributed by atoms with Crippen molar-refractivity contribution >= 4 is 34.5 Å². The van der Waals surface area contributed by atoms with E-state index in [0.717, 1.165) is 22.7 Å². The fourth-order valence-corrected chi connectivity index (χ4v) is 2.67. The van der Waals surface area contributed by atoms with Gasteiger partial charge in [0.2, 0.25) is 0 Å². The smallest absolute Gasteiger partial charge is 0.0795 e. The highest BCUT2D eigenvalue weighted by Gasteiger charge is 2.14. The number of likely N-dealkylation sites (N-methyl/N-ethyl adjacent to an activating group) is 1. The number of thiazole rings is 1. The molecule has 0 amide bonds. The van der Waals surface area contributed by atoms with Crippen LogP contribution >= 0.6 is 34.5 Å². The number of hydrogen-bond donors (Lipinski definition) is 1. The van der Waals surface area contributed by atoms with Crippen molar-refractivity contribution < 1.29 is 0 Å². The first-order valence-corrected chi connectivity index (χ1v) is 6.90. The summed E-state index contributed by atoms with van der Waals surface area (Å²) in [6.07, 6.45) is 0.777. The van der Waals surface area contributed by atoms with E-state index < -0.39 is 0 Å². The Balaban J connectivity index is 2.21. The van der Waals surface area contributed by atoms with Crippen molar-refractivity contribution in [3.05, 3.63) is 50.4 Å². The molecule has 1 atom stereocenters. The fraction of sp³-hybridized carbons (Fsp3) is 0.250. The lowest BCUT2D eigenvalue weighted by Crippen LogP contribution is -2.19. The molecule has 0 aliphatic rings. The summed E-state index contributed by atoms with van der Waals surface area (Å²) in [6.45, 7) is 0.